The summed E-state index contributed by atoms with van der Waals surface area (Å²) in [5, 5.41) is 16.8. The Morgan fingerprint density at radius 3 is 2.44 bits per heavy atom. The van der Waals surface area contributed by atoms with Gasteiger partial charge < -0.3 is 4.90 Å². The maximum Gasteiger partial charge on any atom is 0.276 e. The van der Waals surface area contributed by atoms with Gasteiger partial charge in [-0.05, 0) is 37.1 Å². The third kappa shape index (κ3) is 3.20. The summed E-state index contributed by atoms with van der Waals surface area (Å²) >= 11 is 0. The Balaban J connectivity index is 1.41. The van der Waals surface area contributed by atoms with Crippen molar-refractivity contribution in [2.75, 3.05) is 26.2 Å². The van der Waals surface area contributed by atoms with Gasteiger partial charge in [-0.2, -0.15) is 9.57 Å². The van der Waals surface area contributed by atoms with Crippen molar-refractivity contribution in [2.45, 2.75) is 23.8 Å². The minimum atomic E-state index is -3.60. The molecule has 2 fully saturated rings. The molecule has 0 atom stereocenters. The molecule has 1 aromatic heterocycles. The lowest BCUT2D eigenvalue weighted by atomic mass is 10.2. The first-order valence-electron chi connectivity index (χ1n) is 8.70. The van der Waals surface area contributed by atoms with Gasteiger partial charge in [0.05, 0.1) is 28.8 Å². The van der Waals surface area contributed by atoms with Gasteiger partial charge >= 0.3 is 0 Å². The first kappa shape index (κ1) is 17.6. The standard InChI is InChI=1S/C17H18N6O3S/c18-9-13-3-5-15(6-4-13)27(25,26)22-10-14(11-22)23-12-16(19-20-23)17(24)21-7-1-2-8-21/h3-6,12,14H,1-2,7-8,10-11H2. The third-order valence-corrected chi connectivity index (χ3v) is 6.79. The van der Waals surface area contributed by atoms with E-state index >= 15 is 0 Å². The lowest BCUT2D eigenvalue weighted by Gasteiger charge is -2.37. The zero-order chi connectivity index (χ0) is 19.0. The van der Waals surface area contributed by atoms with Gasteiger partial charge in [-0.3, -0.25) is 4.79 Å². The van der Waals surface area contributed by atoms with Crippen molar-refractivity contribution in [3.05, 3.63) is 41.7 Å². The molecule has 2 aliphatic heterocycles. The molecule has 140 valence electrons. The first-order valence-corrected chi connectivity index (χ1v) is 10.1. The molecule has 1 amide bonds. The number of carbonyl (C=O) groups is 1. The number of carbonyl (C=O) groups excluding carboxylic acids is 1. The second-order valence-electron chi connectivity index (χ2n) is 6.70. The van der Waals surface area contributed by atoms with E-state index in [9.17, 15) is 13.2 Å². The first-order chi connectivity index (χ1) is 13.0. The molecule has 2 aliphatic rings. The molecule has 0 aliphatic carbocycles. The quantitative estimate of drug-likeness (QED) is 0.762. The highest BCUT2D eigenvalue weighted by Gasteiger charge is 2.38. The fourth-order valence-electron chi connectivity index (χ4n) is 3.27. The molecular weight excluding hydrogens is 368 g/mol. The van der Waals surface area contributed by atoms with Crippen LogP contribution in [0.25, 0.3) is 0 Å². The maximum atomic E-state index is 12.6. The lowest BCUT2D eigenvalue weighted by Crippen LogP contribution is -2.50. The summed E-state index contributed by atoms with van der Waals surface area (Å²) in [6, 6.07) is 7.65. The van der Waals surface area contributed by atoms with E-state index in [4.69, 9.17) is 5.26 Å². The summed E-state index contributed by atoms with van der Waals surface area (Å²) in [5.41, 5.74) is 0.707. The van der Waals surface area contributed by atoms with Crippen LogP contribution in [0.3, 0.4) is 0 Å². The zero-order valence-electron chi connectivity index (χ0n) is 14.5. The van der Waals surface area contributed by atoms with Crippen molar-refractivity contribution in [3.8, 4) is 6.07 Å². The van der Waals surface area contributed by atoms with E-state index in [2.05, 4.69) is 10.3 Å². The Morgan fingerprint density at radius 1 is 1.15 bits per heavy atom. The number of hydrogen-bond acceptors (Lipinski definition) is 6. The largest absolute Gasteiger partial charge is 0.337 e. The Kier molecular flexibility index (Phi) is 4.41. The molecule has 2 aromatic rings. The van der Waals surface area contributed by atoms with Gasteiger partial charge in [0.15, 0.2) is 5.69 Å². The van der Waals surface area contributed by atoms with Crippen LogP contribution >= 0.6 is 0 Å². The van der Waals surface area contributed by atoms with Crippen molar-refractivity contribution >= 4 is 15.9 Å². The van der Waals surface area contributed by atoms with Crippen LogP contribution in [0.2, 0.25) is 0 Å². The number of amides is 1. The van der Waals surface area contributed by atoms with Gasteiger partial charge in [0.1, 0.15) is 0 Å². The maximum absolute atomic E-state index is 12.6. The van der Waals surface area contributed by atoms with Crippen molar-refractivity contribution in [1.29, 1.82) is 5.26 Å². The monoisotopic (exact) mass is 386 g/mol. The molecule has 10 heteroatoms. The summed E-state index contributed by atoms with van der Waals surface area (Å²) in [6.07, 6.45) is 3.60. The smallest absolute Gasteiger partial charge is 0.276 e. The molecule has 1 aromatic carbocycles. The highest BCUT2D eigenvalue weighted by Crippen LogP contribution is 2.28. The van der Waals surface area contributed by atoms with E-state index in [0.29, 0.717) is 11.3 Å². The molecule has 0 saturated carbocycles. The van der Waals surface area contributed by atoms with E-state index in [1.165, 1.54) is 28.6 Å². The fourth-order valence-corrected chi connectivity index (χ4v) is 4.78. The van der Waals surface area contributed by atoms with Crippen LogP contribution in [0, 0.1) is 11.3 Å². The highest BCUT2D eigenvalue weighted by molar-refractivity contribution is 7.89. The Labute approximate surface area is 156 Å². The van der Waals surface area contributed by atoms with Crippen LogP contribution in [0.5, 0.6) is 0 Å². The van der Waals surface area contributed by atoms with Crippen molar-refractivity contribution in [3.63, 3.8) is 0 Å². The van der Waals surface area contributed by atoms with Gasteiger partial charge in [-0.15, -0.1) is 5.10 Å². The number of sulfonamides is 1. The molecule has 4 rings (SSSR count). The van der Waals surface area contributed by atoms with Crippen LogP contribution in [-0.2, 0) is 10.0 Å². The Hall–Kier alpha value is -2.77. The number of nitriles is 1. The normalized spacial score (nSPS) is 18.3. The van der Waals surface area contributed by atoms with Crippen molar-refractivity contribution < 1.29 is 13.2 Å². The number of likely N-dealkylation sites (tertiary alicyclic amines) is 1. The fraction of sp³-hybridized carbons (Fsp3) is 0.412. The van der Waals surface area contributed by atoms with Crippen molar-refractivity contribution in [1.82, 2.24) is 24.2 Å². The van der Waals surface area contributed by atoms with Gasteiger partial charge in [0.25, 0.3) is 5.91 Å². The molecule has 0 bridgehead atoms. The van der Waals surface area contributed by atoms with E-state index in [1.807, 2.05) is 6.07 Å². The van der Waals surface area contributed by atoms with Gasteiger partial charge in [-0.25, -0.2) is 13.1 Å². The Bertz CT molecular complexity index is 996. The van der Waals surface area contributed by atoms with E-state index in [1.54, 1.807) is 15.8 Å². The number of benzene rings is 1. The lowest BCUT2D eigenvalue weighted by molar-refractivity contribution is 0.0786. The second kappa shape index (κ2) is 6.75. The van der Waals surface area contributed by atoms with Gasteiger partial charge in [0.2, 0.25) is 10.0 Å². The molecule has 0 N–H and O–H groups in total. The number of aromatic nitrogens is 3. The summed E-state index contributed by atoms with van der Waals surface area (Å²) < 4.78 is 28.1. The predicted molar refractivity (Wildman–Crippen MR) is 94.1 cm³/mol. The van der Waals surface area contributed by atoms with Crippen molar-refractivity contribution in [2.24, 2.45) is 0 Å². The van der Waals surface area contributed by atoms with Crippen LogP contribution in [0.1, 0.15) is 34.9 Å². The minimum absolute atomic E-state index is 0.125. The average Bonchev–Trinajstić information content (AvgIpc) is 3.32. The van der Waals surface area contributed by atoms with E-state index < -0.39 is 10.0 Å². The second-order valence-corrected chi connectivity index (χ2v) is 8.63. The molecule has 27 heavy (non-hydrogen) atoms. The molecule has 9 nitrogen and oxygen atoms in total. The average molecular weight is 386 g/mol. The van der Waals surface area contributed by atoms with E-state index in [-0.39, 0.29) is 29.9 Å². The van der Waals surface area contributed by atoms with Crippen LogP contribution in [0.4, 0.5) is 0 Å². The topological polar surface area (TPSA) is 112 Å². The molecule has 3 heterocycles. The Morgan fingerprint density at radius 2 is 1.81 bits per heavy atom. The number of rotatable bonds is 4. The molecule has 0 spiro atoms. The van der Waals surface area contributed by atoms with E-state index in [0.717, 1.165) is 25.9 Å². The summed E-state index contributed by atoms with van der Waals surface area (Å²) in [5.74, 6) is -0.125. The number of hydrogen-bond donors (Lipinski definition) is 0. The molecule has 0 radical (unpaired) electrons. The molecular formula is C17H18N6O3S. The summed E-state index contributed by atoms with van der Waals surface area (Å²) in [6.45, 7) is 2.02. The molecule has 2 saturated heterocycles. The molecule has 0 unspecified atom stereocenters. The summed E-state index contributed by atoms with van der Waals surface area (Å²) in [4.78, 5) is 14.2. The van der Waals surface area contributed by atoms with Gasteiger partial charge in [-0.1, -0.05) is 5.21 Å². The summed E-state index contributed by atoms with van der Waals surface area (Å²) in [7, 11) is -3.60. The van der Waals surface area contributed by atoms with Crippen LogP contribution in [-0.4, -0.2) is 64.7 Å². The zero-order valence-corrected chi connectivity index (χ0v) is 15.3. The van der Waals surface area contributed by atoms with Crippen LogP contribution < -0.4 is 0 Å². The minimum Gasteiger partial charge on any atom is -0.337 e. The number of nitrogens with zero attached hydrogens (tertiary/aromatic N) is 6. The highest BCUT2D eigenvalue weighted by atomic mass is 32.2. The SMILES string of the molecule is N#Cc1ccc(S(=O)(=O)N2CC(n3cc(C(=O)N4CCCC4)nn3)C2)cc1. The predicted octanol–water partition coefficient (Wildman–Crippen LogP) is 0.631. The van der Waals surface area contributed by atoms with Gasteiger partial charge in [0, 0.05) is 26.2 Å². The third-order valence-electron chi connectivity index (χ3n) is 4.95. The van der Waals surface area contributed by atoms with Crippen LogP contribution in [0.15, 0.2) is 35.4 Å².